The van der Waals surface area contributed by atoms with Gasteiger partial charge in [-0.15, -0.1) is 0 Å². The number of esters is 1. The van der Waals surface area contributed by atoms with E-state index in [0.29, 0.717) is 5.92 Å². The molecule has 3 fully saturated rings. The van der Waals surface area contributed by atoms with E-state index in [9.17, 15) is 10.0 Å². The molecule has 1 N–H and O–H groups in total. The average Bonchev–Trinajstić information content (AvgIpc) is 2.98. The van der Waals surface area contributed by atoms with Gasteiger partial charge in [0.25, 0.3) is 0 Å². The van der Waals surface area contributed by atoms with Gasteiger partial charge in [-0.2, -0.15) is 0 Å². The summed E-state index contributed by atoms with van der Waals surface area (Å²) in [6.45, 7) is 8.46. The number of fused-ring (bicyclic) bond motifs is 5. The fourth-order valence-electron chi connectivity index (χ4n) is 7.72. The van der Waals surface area contributed by atoms with Crippen LogP contribution >= 0.6 is 0 Å². The van der Waals surface area contributed by atoms with E-state index in [4.69, 9.17) is 4.74 Å². The van der Waals surface area contributed by atoms with Gasteiger partial charge < -0.3 is 9.94 Å². The van der Waals surface area contributed by atoms with Crippen molar-refractivity contribution in [2.75, 3.05) is 0 Å². The third-order valence-corrected chi connectivity index (χ3v) is 9.05. The van der Waals surface area contributed by atoms with Gasteiger partial charge in [-0.1, -0.05) is 30.7 Å². The van der Waals surface area contributed by atoms with Crippen LogP contribution in [0, 0.1) is 34.5 Å². The number of hydrogen-bond acceptors (Lipinski definition) is 4. The largest absolute Gasteiger partial charge is 0.462 e. The van der Waals surface area contributed by atoms with Gasteiger partial charge in [0, 0.05) is 19.3 Å². The molecule has 4 heteroatoms. The zero-order valence-electron chi connectivity index (χ0n) is 17.3. The first kappa shape index (κ1) is 19.0. The summed E-state index contributed by atoms with van der Waals surface area (Å²) in [5.74, 6) is 2.52. The first-order valence-electron chi connectivity index (χ1n) is 10.8. The highest BCUT2D eigenvalue weighted by molar-refractivity contribution is 5.85. The van der Waals surface area contributed by atoms with E-state index in [1.54, 1.807) is 5.57 Å². The number of rotatable bonds is 2. The Labute approximate surface area is 163 Å². The van der Waals surface area contributed by atoms with E-state index in [0.717, 1.165) is 42.7 Å². The van der Waals surface area contributed by atoms with Crippen molar-refractivity contribution >= 4 is 11.7 Å². The Morgan fingerprint density at radius 3 is 2.63 bits per heavy atom. The fraction of sp³-hybridized carbons (Fsp3) is 0.826. The molecule has 0 amide bonds. The Morgan fingerprint density at radius 2 is 1.93 bits per heavy atom. The molecular weight excluding hydrogens is 338 g/mol. The van der Waals surface area contributed by atoms with Gasteiger partial charge in [0.15, 0.2) is 0 Å². The highest BCUT2D eigenvalue weighted by atomic mass is 16.5. The summed E-state index contributed by atoms with van der Waals surface area (Å²) in [4.78, 5) is 11.4. The van der Waals surface area contributed by atoms with E-state index in [1.807, 2.05) is 6.92 Å². The lowest BCUT2D eigenvalue weighted by atomic mass is 9.47. The van der Waals surface area contributed by atoms with Crippen molar-refractivity contribution in [1.82, 2.24) is 0 Å². The normalized spacial score (nSPS) is 46.7. The van der Waals surface area contributed by atoms with Gasteiger partial charge in [0.1, 0.15) is 6.10 Å². The lowest BCUT2D eigenvalue weighted by Gasteiger charge is -2.58. The van der Waals surface area contributed by atoms with Crippen LogP contribution in [0.3, 0.4) is 0 Å². The van der Waals surface area contributed by atoms with E-state index in [2.05, 4.69) is 25.1 Å². The molecule has 7 atom stereocenters. The quantitative estimate of drug-likeness (QED) is 0.233. The van der Waals surface area contributed by atoms with Crippen molar-refractivity contribution in [2.24, 2.45) is 39.7 Å². The van der Waals surface area contributed by atoms with Crippen LogP contribution in [-0.2, 0) is 9.53 Å². The van der Waals surface area contributed by atoms with Crippen molar-refractivity contribution in [3.8, 4) is 0 Å². The minimum absolute atomic E-state index is 0.0755. The van der Waals surface area contributed by atoms with Crippen molar-refractivity contribution < 1.29 is 14.7 Å². The predicted molar refractivity (Wildman–Crippen MR) is 106 cm³/mol. The topological polar surface area (TPSA) is 58.9 Å². The maximum atomic E-state index is 11.4. The Morgan fingerprint density at radius 1 is 1.15 bits per heavy atom. The summed E-state index contributed by atoms with van der Waals surface area (Å²) < 4.78 is 5.54. The van der Waals surface area contributed by atoms with E-state index < -0.39 is 0 Å². The number of ether oxygens (including phenoxy) is 1. The van der Waals surface area contributed by atoms with Gasteiger partial charge >= 0.3 is 5.97 Å². The number of allylic oxidation sites excluding steroid dienone is 1. The van der Waals surface area contributed by atoms with E-state index in [-0.39, 0.29) is 22.9 Å². The third-order valence-electron chi connectivity index (χ3n) is 9.05. The second kappa shape index (κ2) is 6.63. The van der Waals surface area contributed by atoms with Crippen LogP contribution in [0.2, 0.25) is 0 Å². The summed E-state index contributed by atoms with van der Waals surface area (Å²) in [6, 6.07) is 0. The summed E-state index contributed by atoms with van der Waals surface area (Å²) >= 11 is 0. The minimum atomic E-state index is -0.149. The van der Waals surface area contributed by atoms with Gasteiger partial charge in [-0.05, 0) is 80.5 Å². The second-order valence-corrected chi connectivity index (χ2v) is 10.1. The van der Waals surface area contributed by atoms with Crippen molar-refractivity contribution in [3.63, 3.8) is 0 Å². The number of oxime groups is 1. The van der Waals surface area contributed by atoms with Crippen LogP contribution in [0.25, 0.3) is 0 Å². The number of hydrogen-bond donors (Lipinski definition) is 1. The highest BCUT2D eigenvalue weighted by Gasteiger charge is 2.59. The van der Waals surface area contributed by atoms with Crippen LogP contribution in [0.4, 0.5) is 0 Å². The highest BCUT2D eigenvalue weighted by Crippen LogP contribution is 2.66. The standard InChI is InChI=1S/C23H35NO3/c1-14(24-26)19-7-8-20-18-6-5-16-13-17(27-15(2)25)9-11-22(16,3)21(18)10-12-23(19,20)4/h5,17-21,26H,6-13H2,1-4H3/b24-14-/t17-,18+,19-,20+,21+,22-,23+/m0/s1. The molecule has 0 bridgehead atoms. The number of nitrogens with zero attached hydrogens (tertiary/aromatic N) is 1. The molecule has 150 valence electrons. The van der Waals surface area contributed by atoms with Gasteiger partial charge in [-0.25, -0.2) is 0 Å². The molecular formula is C23H35NO3. The van der Waals surface area contributed by atoms with Gasteiger partial charge in [0.05, 0.1) is 5.71 Å². The molecule has 0 aromatic rings. The van der Waals surface area contributed by atoms with Crippen LogP contribution in [0.1, 0.15) is 79.1 Å². The van der Waals surface area contributed by atoms with Crippen molar-refractivity contribution in [2.45, 2.75) is 85.2 Å². The van der Waals surface area contributed by atoms with Gasteiger partial charge in [-0.3, -0.25) is 4.79 Å². The van der Waals surface area contributed by atoms with Crippen LogP contribution in [0.5, 0.6) is 0 Å². The monoisotopic (exact) mass is 373 g/mol. The zero-order valence-corrected chi connectivity index (χ0v) is 17.3. The van der Waals surface area contributed by atoms with Gasteiger partial charge in [0.2, 0.25) is 0 Å². The third kappa shape index (κ3) is 2.86. The molecule has 27 heavy (non-hydrogen) atoms. The first-order valence-corrected chi connectivity index (χ1v) is 10.8. The minimum Gasteiger partial charge on any atom is -0.462 e. The van der Waals surface area contributed by atoms with E-state index in [1.165, 1.54) is 39.0 Å². The van der Waals surface area contributed by atoms with Crippen LogP contribution in [0.15, 0.2) is 16.8 Å². The lowest BCUT2D eigenvalue weighted by Crippen LogP contribution is -2.51. The average molecular weight is 374 g/mol. The summed E-state index contributed by atoms with van der Waals surface area (Å²) in [5.41, 5.74) is 3.04. The SMILES string of the molecule is CC(=O)O[C@H]1CC[C@@]2(C)C(=CC[C@@H]3[C@H]4CC[C@@H](/C(C)=N\O)[C@@]4(C)CC[C@H]32)C1. The molecule has 4 aliphatic rings. The maximum absolute atomic E-state index is 11.4. The molecule has 4 nitrogen and oxygen atoms in total. The molecule has 3 saturated carbocycles. The zero-order chi connectivity index (χ0) is 19.4. The Hall–Kier alpha value is -1.32. The maximum Gasteiger partial charge on any atom is 0.302 e. The van der Waals surface area contributed by atoms with Crippen molar-refractivity contribution in [1.29, 1.82) is 0 Å². The molecule has 0 spiro atoms. The first-order chi connectivity index (χ1) is 12.8. The van der Waals surface area contributed by atoms with Crippen LogP contribution < -0.4 is 0 Å². The second-order valence-electron chi connectivity index (χ2n) is 10.1. The van der Waals surface area contributed by atoms with E-state index >= 15 is 0 Å². The molecule has 0 saturated heterocycles. The van der Waals surface area contributed by atoms with Crippen molar-refractivity contribution in [3.05, 3.63) is 11.6 Å². The molecule has 0 radical (unpaired) electrons. The molecule has 0 aromatic heterocycles. The molecule has 4 rings (SSSR count). The number of carbonyl (C=O) groups is 1. The molecule has 0 unspecified atom stereocenters. The lowest BCUT2D eigenvalue weighted by molar-refractivity contribution is -0.148. The summed E-state index contributed by atoms with van der Waals surface area (Å²) in [7, 11) is 0. The molecule has 4 aliphatic carbocycles. The predicted octanol–water partition coefficient (Wildman–Crippen LogP) is 5.35. The molecule has 0 aliphatic heterocycles. The summed E-state index contributed by atoms with van der Waals surface area (Å²) in [5, 5.41) is 12.9. The fourth-order valence-corrected chi connectivity index (χ4v) is 7.72. The molecule has 0 aromatic carbocycles. The Balaban J connectivity index is 1.58. The number of carbonyl (C=O) groups excluding carboxylic acids is 1. The Kier molecular flexibility index (Phi) is 4.67. The smallest absolute Gasteiger partial charge is 0.302 e. The molecule has 0 heterocycles. The van der Waals surface area contributed by atoms with Crippen LogP contribution in [-0.4, -0.2) is 23.0 Å². The Bertz CT molecular complexity index is 683. The summed E-state index contributed by atoms with van der Waals surface area (Å²) in [6.07, 6.45) is 11.8.